The van der Waals surface area contributed by atoms with E-state index in [2.05, 4.69) is 5.32 Å². The number of aliphatic hydroxyl groups excluding tert-OH is 1. The summed E-state index contributed by atoms with van der Waals surface area (Å²) in [6, 6.07) is 6.74. The molecule has 0 fully saturated rings. The molecule has 5 heteroatoms. The molecule has 0 saturated heterocycles. The first-order valence-electron chi connectivity index (χ1n) is 5.81. The van der Waals surface area contributed by atoms with Gasteiger partial charge in [0.05, 0.1) is 19.8 Å². The standard InChI is InChI=1S/C13H18ClNO3/c1-3-10(8-16)15-13(17)12(14)9-4-6-11(18-2)7-5-9/h4-7,10,12,16H,3,8H2,1-2H3,(H,15,17). The molecule has 1 aromatic rings. The van der Waals surface area contributed by atoms with Gasteiger partial charge in [0, 0.05) is 0 Å². The van der Waals surface area contributed by atoms with Crippen molar-refractivity contribution >= 4 is 17.5 Å². The fraction of sp³-hybridized carbons (Fsp3) is 0.462. The summed E-state index contributed by atoms with van der Waals surface area (Å²) in [4.78, 5) is 11.8. The molecule has 1 rings (SSSR count). The highest BCUT2D eigenvalue weighted by Gasteiger charge is 2.19. The number of carbonyl (C=O) groups excluding carboxylic acids is 1. The average Bonchev–Trinajstić information content (AvgIpc) is 2.43. The maximum atomic E-state index is 11.8. The van der Waals surface area contributed by atoms with Gasteiger partial charge in [-0.05, 0) is 24.1 Å². The monoisotopic (exact) mass is 271 g/mol. The number of ether oxygens (including phenoxy) is 1. The van der Waals surface area contributed by atoms with Crippen molar-refractivity contribution in [1.82, 2.24) is 5.32 Å². The van der Waals surface area contributed by atoms with E-state index in [1.54, 1.807) is 31.4 Å². The lowest BCUT2D eigenvalue weighted by Crippen LogP contribution is -2.38. The summed E-state index contributed by atoms with van der Waals surface area (Å²) in [7, 11) is 1.58. The van der Waals surface area contributed by atoms with Gasteiger partial charge in [-0.2, -0.15) is 0 Å². The molecule has 0 radical (unpaired) electrons. The van der Waals surface area contributed by atoms with Crippen LogP contribution in [0.2, 0.25) is 0 Å². The molecule has 4 nitrogen and oxygen atoms in total. The van der Waals surface area contributed by atoms with Crippen LogP contribution in [-0.4, -0.2) is 30.8 Å². The van der Waals surface area contributed by atoms with Crippen LogP contribution >= 0.6 is 11.6 Å². The van der Waals surface area contributed by atoms with Crippen LogP contribution < -0.4 is 10.1 Å². The Morgan fingerprint density at radius 2 is 2.06 bits per heavy atom. The van der Waals surface area contributed by atoms with Gasteiger partial charge in [-0.15, -0.1) is 11.6 Å². The summed E-state index contributed by atoms with van der Waals surface area (Å²) in [6.45, 7) is 1.80. The molecule has 0 aliphatic rings. The largest absolute Gasteiger partial charge is 0.497 e. The van der Waals surface area contributed by atoms with Crippen molar-refractivity contribution in [2.75, 3.05) is 13.7 Å². The van der Waals surface area contributed by atoms with E-state index in [0.717, 1.165) is 0 Å². The van der Waals surface area contributed by atoms with Crippen molar-refractivity contribution in [3.05, 3.63) is 29.8 Å². The summed E-state index contributed by atoms with van der Waals surface area (Å²) in [6.07, 6.45) is 0.661. The van der Waals surface area contributed by atoms with Crippen LogP contribution in [0, 0.1) is 0 Å². The van der Waals surface area contributed by atoms with Gasteiger partial charge in [0.1, 0.15) is 11.1 Å². The minimum absolute atomic E-state index is 0.0888. The Morgan fingerprint density at radius 3 is 2.50 bits per heavy atom. The number of carbonyl (C=O) groups is 1. The molecule has 100 valence electrons. The first-order valence-corrected chi connectivity index (χ1v) is 6.25. The van der Waals surface area contributed by atoms with Gasteiger partial charge in [-0.1, -0.05) is 19.1 Å². The zero-order chi connectivity index (χ0) is 13.5. The molecule has 0 saturated carbocycles. The molecule has 0 spiro atoms. The number of halogens is 1. The van der Waals surface area contributed by atoms with Crippen molar-refractivity contribution in [2.24, 2.45) is 0 Å². The average molecular weight is 272 g/mol. The van der Waals surface area contributed by atoms with Gasteiger partial charge in [0.15, 0.2) is 0 Å². The zero-order valence-corrected chi connectivity index (χ0v) is 11.3. The highest BCUT2D eigenvalue weighted by Crippen LogP contribution is 2.23. The predicted octanol–water partition coefficient (Wildman–Crippen LogP) is 1.86. The maximum Gasteiger partial charge on any atom is 0.242 e. The SMILES string of the molecule is CCC(CO)NC(=O)C(Cl)c1ccc(OC)cc1. The van der Waals surface area contributed by atoms with Gasteiger partial charge in [-0.25, -0.2) is 0 Å². The number of rotatable bonds is 6. The number of methoxy groups -OCH3 is 1. The summed E-state index contributed by atoms with van der Waals surface area (Å²) in [5, 5.41) is 10.9. The Kier molecular flexibility index (Phi) is 5.95. The molecule has 1 aromatic carbocycles. The summed E-state index contributed by atoms with van der Waals surface area (Å²) in [5.74, 6) is 0.410. The van der Waals surface area contributed by atoms with Gasteiger partial charge >= 0.3 is 0 Å². The Morgan fingerprint density at radius 1 is 1.44 bits per heavy atom. The third-order valence-electron chi connectivity index (χ3n) is 2.70. The normalized spacial score (nSPS) is 13.8. The van der Waals surface area contributed by atoms with Crippen molar-refractivity contribution in [1.29, 1.82) is 0 Å². The highest BCUT2D eigenvalue weighted by atomic mass is 35.5. The van der Waals surface area contributed by atoms with Crippen LogP contribution in [0.4, 0.5) is 0 Å². The molecule has 2 N–H and O–H groups in total. The van der Waals surface area contributed by atoms with Crippen LogP contribution in [0.5, 0.6) is 5.75 Å². The first kappa shape index (κ1) is 14.8. The zero-order valence-electron chi connectivity index (χ0n) is 10.5. The van der Waals surface area contributed by atoms with Crippen LogP contribution in [0.1, 0.15) is 24.3 Å². The second kappa shape index (κ2) is 7.24. The van der Waals surface area contributed by atoms with E-state index in [9.17, 15) is 4.79 Å². The third-order valence-corrected chi connectivity index (χ3v) is 3.15. The van der Waals surface area contributed by atoms with Gasteiger partial charge in [-0.3, -0.25) is 4.79 Å². The Bertz CT molecular complexity index is 376. The van der Waals surface area contributed by atoms with E-state index >= 15 is 0 Å². The topological polar surface area (TPSA) is 58.6 Å². The lowest BCUT2D eigenvalue weighted by molar-refractivity contribution is -0.121. The van der Waals surface area contributed by atoms with Crippen molar-refractivity contribution in [2.45, 2.75) is 24.8 Å². The fourth-order valence-electron chi connectivity index (χ4n) is 1.48. The van der Waals surface area contributed by atoms with Crippen LogP contribution in [-0.2, 0) is 4.79 Å². The van der Waals surface area contributed by atoms with E-state index in [1.807, 2.05) is 6.92 Å². The smallest absolute Gasteiger partial charge is 0.242 e. The third kappa shape index (κ3) is 3.89. The Balaban J connectivity index is 2.67. The minimum Gasteiger partial charge on any atom is -0.497 e. The Labute approximate surface area is 112 Å². The molecular weight excluding hydrogens is 254 g/mol. The maximum absolute atomic E-state index is 11.8. The van der Waals surface area contributed by atoms with Crippen molar-refractivity contribution < 1.29 is 14.6 Å². The molecule has 2 unspecified atom stereocenters. The van der Waals surface area contributed by atoms with Crippen molar-refractivity contribution in [3.63, 3.8) is 0 Å². The van der Waals surface area contributed by atoms with Crippen LogP contribution in [0.25, 0.3) is 0 Å². The summed E-state index contributed by atoms with van der Waals surface area (Å²) >= 11 is 6.08. The van der Waals surface area contributed by atoms with Crippen LogP contribution in [0.15, 0.2) is 24.3 Å². The van der Waals surface area contributed by atoms with Crippen molar-refractivity contribution in [3.8, 4) is 5.75 Å². The summed E-state index contributed by atoms with van der Waals surface area (Å²) < 4.78 is 5.03. The summed E-state index contributed by atoms with van der Waals surface area (Å²) in [5.41, 5.74) is 0.697. The molecule has 0 aromatic heterocycles. The van der Waals surface area contributed by atoms with E-state index in [1.165, 1.54) is 0 Å². The molecule has 0 aliphatic heterocycles. The second-order valence-corrected chi connectivity index (χ2v) is 4.37. The number of nitrogens with one attached hydrogen (secondary N) is 1. The second-order valence-electron chi connectivity index (χ2n) is 3.93. The fourth-order valence-corrected chi connectivity index (χ4v) is 1.68. The Hall–Kier alpha value is -1.26. The number of hydrogen-bond donors (Lipinski definition) is 2. The van der Waals surface area contributed by atoms with Gasteiger partial charge in [0.2, 0.25) is 5.91 Å². The predicted molar refractivity (Wildman–Crippen MR) is 70.9 cm³/mol. The molecule has 0 bridgehead atoms. The number of amides is 1. The first-order chi connectivity index (χ1) is 8.62. The number of aliphatic hydroxyl groups is 1. The van der Waals surface area contributed by atoms with Gasteiger partial charge < -0.3 is 15.2 Å². The molecule has 0 heterocycles. The lowest BCUT2D eigenvalue weighted by Gasteiger charge is -2.17. The highest BCUT2D eigenvalue weighted by molar-refractivity contribution is 6.30. The molecule has 1 amide bonds. The van der Waals surface area contributed by atoms with E-state index in [-0.39, 0.29) is 18.6 Å². The quantitative estimate of drug-likeness (QED) is 0.777. The number of hydrogen-bond acceptors (Lipinski definition) is 3. The van der Waals surface area contributed by atoms with Crippen LogP contribution in [0.3, 0.4) is 0 Å². The lowest BCUT2D eigenvalue weighted by atomic mass is 10.1. The van der Waals surface area contributed by atoms with E-state index in [4.69, 9.17) is 21.4 Å². The molecular formula is C13H18ClNO3. The number of alkyl halides is 1. The number of benzene rings is 1. The minimum atomic E-state index is -0.767. The molecule has 0 aliphatic carbocycles. The van der Waals surface area contributed by atoms with E-state index in [0.29, 0.717) is 17.7 Å². The van der Waals surface area contributed by atoms with Gasteiger partial charge in [0.25, 0.3) is 0 Å². The molecule has 18 heavy (non-hydrogen) atoms. The molecule has 2 atom stereocenters. The van der Waals surface area contributed by atoms with E-state index < -0.39 is 5.38 Å².